The molecule has 0 spiro atoms. The zero-order valence-corrected chi connectivity index (χ0v) is 11.4. The number of halogens is 2. The molecule has 0 fully saturated rings. The van der Waals surface area contributed by atoms with Crippen molar-refractivity contribution >= 4 is 5.91 Å². The first-order valence-electron chi connectivity index (χ1n) is 6.46. The average molecular weight is 281 g/mol. The lowest BCUT2D eigenvalue weighted by atomic mass is 9.88. The van der Waals surface area contributed by atoms with Gasteiger partial charge in [-0.25, -0.2) is 8.78 Å². The molecule has 0 saturated heterocycles. The second-order valence-corrected chi connectivity index (χ2v) is 4.86. The molecule has 0 bridgehead atoms. The molecule has 0 saturated carbocycles. The molecule has 1 aliphatic rings. The van der Waals surface area contributed by atoms with Gasteiger partial charge in [0.05, 0.1) is 11.1 Å². The molecule has 1 aromatic rings. The molecule has 108 valence electrons. The summed E-state index contributed by atoms with van der Waals surface area (Å²) in [5.74, 6) is -0.518. The van der Waals surface area contributed by atoms with Crippen LogP contribution in [0.25, 0.3) is 0 Å². The number of carbonyl (C=O) groups excluding carboxylic acids is 1. The summed E-state index contributed by atoms with van der Waals surface area (Å²) < 4.78 is 27.0. The molecule has 0 radical (unpaired) electrons. The maximum atomic E-state index is 12.9. The summed E-state index contributed by atoms with van der Waals surface area (Å²) in [5, 5.41) is 6.49. The van der Waals surface area contributed by atoms with E-state index in [0.29, 0.717) is 12.8 Å². The van der Waals surface area contributed by atoms with E-state index >= 15 is 0 Å². The number of allylic oxidation sites excluding steroid dienone is 2. The van der Waals surface area contributed by atoms with Crippen LogP contribution in [0.5, 0.6) is 0 Å². The van der Waals surface area contributed by atoms with Crippen LogP contribution in [0.3, 0.4) is 0 Å². The van der Waals surface area contributed by atoms with E-state index in [4.69, 9.17) is 0 Å². The second kappa shape index (κ2) is 5.56. The summed E-state index contributed by atoms with van der Waals surface area (Å²) in [6, 6.07) is 0. The summed E-state index contributed by atoms with van der Waals surface area (Å²) in [6.45, 7) is 1.95. The van der Waals surface area contributed by atoms with E-state index in [1.54, 1.807) is 0 Å². The maximum Gasteiger partial charge on any atom is 0.282 e. The van der Waals surface area contributed by atoms with Crippen molar-refractivity contribution in [2.24, 2.45) is 7.05 Å². The van der Waals surface area contributed by atoms with Crippen molar-refractivity contribution in [3.05, 3.63) is 41.8 Å². The van der Waals surface area contributed by atoms with Gasteiger partial charge in [-0.3, -0.25) is 9.48 Å². The molecule has 0 aliphatic heterocycles. The predicted octanol–water partition coefficient (Wildman–Crippen LogP) is 2.75. The zero-order chi connectivity index (χ0) is 14.8. The van der Waals surface area contributed by atoms with Gasteiger partial charge in [0.1, 0.15) is 5.69 Å². The maximum absolute atomic E-state index is 12.9. The number of nitrogens with zero attached hydrogens (tertiary/aromatic N) is 2. The summed E-state index contributed by atoms with van der Waals surface area (Å²) >= 11 is 0. The lowest BCUT2D eigenvalue weighted by Crippen LogP contribution is -2.46. The highest BCUT2D eigenvalue weighted by Gasteiger charge is 2.30. The first-order chi connectivity index (χ1) is 9.47. The number of amides is 1. The number of aromatic nitrogens is 2. The Morgan fingerprint density at radius 1 is 1.55 bits per heavy atom. The van der Waals surface area contributed by atoms with Crippen molar-refractivity contribution in [2.45, 2.75) is 31.7 Å². The van der Waals surface area contributed by atoms with Gasteiger partial charge < -0.3 is 5.32 Å². The molecule has 0 aromatic carbocycles. The minimum absolute atomic E-state index is 0.0710. The number of hydrogen-bond acceptors (Lipinski definition) is 2. The normalized spacial score (nSPS) is 21.4. The molecule has 0 unspecified atom stereocenters. The highest BCUT2D eigenvalue weighted by molar-refractivity contribution is 5.95. The van der Waals surface area contributed by atoms with Crippen molar-refractivity contribution in [2.75, 3.05) is 0 Å². The summed E-state index contributed by atoms with van der Waals surface area (Å²) in [7, 11) is 1.52. The van der Waals surface area contributed by atoms with E-state index < -0.39 is 23.6 Å². The Balaban J connectivity index is 2.24. The van der Waals surface area contributed by atoms with Crippen LogP contribution in [-0.4, -0.2) is 21.2 Å². The van der Waals surface area contributed by atoms with Crippen LogP contribution >= 0.6 is 0 Å². The standard InChI is InChI=1S/C14H17F2N3O/c1-3-14(7-5-4-6-8-14)17-13(20)10-9-19(2)18-11(10)12(15)16/h4-7,9,12H,3,8H2,1-2H3,(H,17,20)/t14-/m0/s1. The first kappa shape index (κ1) is 14.4. The molecule has 1 aromatic heterocycles. The summed E-state index contributed by atoms with van der Waals surface area (Å²) in [5.41, 5.74) is -1.06. The minimum Gasteiger partial charge on any atom is -0.343 e. The average Bonchev–Trinajstić information content (AvgIpc) is 2.82. The molecule has 4 nitrogen and oxygen atoms in total. The van der Waals surface area contributed by atoms with Gasteiger partial charge >= 0.3 is 0 Å². The fraction of sp³-hybridized carbons (Fsp3) is 0.429. The van der Waals surface area contributed by atoms with E-state index in [1.165, 1.54) is 17.9 Å². The van der Waals surface area contributed by atoms with Crippen LogP contribution in [0.1, 0.15) is 42.2 Å². The van der Waals surface area contributed by atoms with Gasteiger partial charge in [-0.1, -0.05) is 31.2 Å². The van der Waals surface area contributed by atoms with E-state index in [9.17, 15) is 13.6 Å². The Hall–Kier alpha value is -1.98. The van der Waals surface area contributed by atoms with Crippen molar-refractivity contribution in [1.82, 2.24) is 15.1 Å². The lowest BCUT2D eigenvalue weighted by Gasteiger charge is -2.31. The predicted molar refractivity (Wildman–Crippen MR) is 71.6 cm³/mol. The fourth-order valence-corrected chi connectivity index (χ4v) is 2.24. The molecule has 1 heterocycles. The molecule has 20 heavy (non-hydrogen) atoms. The minimum atomic E-state index is -2.77. The second-order valence-electron chi connectivity index (χ2n) is 4.86. The quantitative estimate of drug-likeness (QED) is 0.922. The van der Waals surface area contributed by atoms with Gasteiger partial charge in [-0.15, -0.1) is 0 Å². The smallest absolute Gasteiger partial charge is 0.282 e. The molecular formula is C14H17F2N3O. The van der Waals surface area contributed by atoms with Crippen LogP contribution < -0.4 is 5.32 Å². The van der Waals surface area contributed by atoms with Crippen LogP contribution in [0, 0.1) is 0 Å². The molecule has 1 aliphatic carbocycles. The molecule has 6 heteroatoms. The number of rotatable bonds is 4. The third-order valence-electron chi connectivity index (χ3n) is 3.45. The Kier molecular flexibility index (Phi) is 4.01. The third-order valence-corrected chi connectivity index (χ3v) is 3.45. The number of carbonyl (C=O) groups is 1. The Morgan fingerprint density at radius 2 is 2.30 bits per heavy atom. The van der Waals surface area contributed by atoms with Crippen LogP contribution in [0.15, 0.2) is 30.5 Å². The monoisotopic (exact) mass is 281 g/mol. The molecule has 2 rings (SSSR count). The van der Waals surface area contributed by atoms with Crippen molar-refractivity contribution in [3.8, 4) is 0 Å². The molecule has 1 N–H and O–H groups in total. The molecule has 1 atom stereocenters. The van der Waals surface area contributed by atoms with E-state index in [2.05, 4.69) is 10.4 Å². The SMILES string of the molecule is CC[C@]1(NC(=O)c2cn(C)nc2C(F)F)C=CC=CC1. The number of aryl methyl sites for hydroxylation is 1. The van der Waals surface area contributed by atoms with Gasteiger partial charge in [-0.2, -0.15) is 5.10 Å². The summed E-state index contributed by atoms with van der Waals surface area (Å²) in [4.78, 5) is 12.3. The Morgan fingerprint density at radius 3 is 2.85 bits per heavy atom. The molecule has 1 amide bonds. The van der Waals surface area contributed by atoms with Crippen LogP contribution in [-0.2, 0) is 7.05 Å². The molecular weight excluding hydrogens is 264 g/mol. The number of hydrogen-bond donors (Lipinski definition) is 1. The largest absolute Gasteiger partial charge is 0.343 e. The highest BCUT2D eigenvalue weighted by atomic mass is 19.3. The fourth-order valence-electron chi connectivity index (χ4n) is 2.24. The van der Waals surface area contributed by atoms with Crippen molar-refractivity contribution in [1.29, 1.82) is 0 Å². The van der Waals surface area contributed by atoms with Crippen molar-refractivity contribution < 1.29 is 13.6 Å². The van der Waals surface area contributed by atoms with Crippen molar-refractivity contribution in [3.63, 3.8) is 0 Å². The van der Waals surface area contributed by atoms with Gasteiger partial charge in [0, 0.05) is 13.2 Å². The van der Waals surface area contributed by atoms with E-state index in [0.717, 1.165) is 0 Å². The van der Waals surface area contributed by atoms with Crippen LogP contribution in [0.2, 0.25) is 0 Å². The Labute approximate surface area is 116 Å². The Bertz CT molecular complexity index is 563. The third kappa shape index (κ3) is 2.79. The lowest BCUT2D eigenvalue weighted by molar-refractivity contribution is 0.0901. The first-order valence-corrected chi connectivity index (χ1v) is 6.46. The number of alkyl halides is 2. The van der Waals surface area contributed by atoms with Gasteiger partial charge in [0.25, 0.3) is 12.3 Å². The topological polar surface area (TPSA) is 46.9 Å². The summed E-state index contributed by atoms with van der Waals surface area (Å²) in [6.07, 6.45) is 7.47. The van der Waals surface area contributed by atoms with Gasteiger partial charge in [-0.05, 0) is 12.8 Å². The van der Waals surface area contributed by atoms with E-state index in [1.807, 2.05) is 31.2 Å². The van der Waals surface area contributed by atoms with Gasteiger partial charge in [0.2, 0.25) is 0 Å². The van der Waals surface area contributed by atoms with Crippen LogP contribution in [0.4, 0.5) is 8.78 Å². The highest BCUT2D eigenvalue weighted by Crippen LogP contribution is 2.25. The van der Waals surface area contributed by atoms with E-state index in [-0.39, 0.29) is 5.56 Å². The zero-order valence-electron chi connectivity index (χ0n) is 11.4. The number of nitrogens with one attached hydrogen (secondary N) is 1. The van der Waals surface area contributed by atoms with Gasteiger partial charge in [0.15, 0.2) is 0 Å².